The van der Waals surface area contributed by atoms with Gasteiger partial charge in [0.25, 0.3) is 0 Å². The van der Waals surface area contributed by atoms with Crippen LogP contribution >= 0.6 is 0 Å². The van der Waals surface area contributed by atoms with Crippen molar-refractivity contribution in [2.45, 2.75) is 59.4 Å². The molecule has 0 aliphatic carbocycles. The molecule has 102 valence electrons. The van der Waals surface area contributed by atoms with Gasteiger partial charge in [0.15, 0.2) is 0 Å². The molecule has 1 atom stereocenters. The molecule has 0 aromatic heterocycles. The first-order chi connectivity index (χ1) is 8.72. The Morgan fingerprint density at radius 3 is 1.94 bits per heavy atom. The Balaban J connectivity index is 2.87. The predicted octanol–water partition coefficient (Wildman–Crippen LogP) is 4.86. The van der Waals surface area contributed by atoms with Crippen molar-refractivity contribution in [2.24, 2.45) is 5.92 Å². The number of hydrogen-bond donors (Lipinski definition) is 1. The van der Waals surface area contributed by atoms with Crippen LogP contribution in [-0.2, 0) is 0 Å². The fraction of sp³-hybridized carbons (Fsp3) is 0.647. The van der Waals surface area contributed by atoms with Gasteiger partial charge in [-0.15, -0.1) is 0 Å². The minimum absolute atomic E-state index is 0.524. The quantitative estimate of drug-likeness (QED) is 0.691. The summed E-state index contributed by atoms with van der Waals surface area (Å²) in [4.78, 5) is 0. The summed E-state index contributed by atoms with van der Waals surface area (Å²) >= 11 is 0. The topological polar surface area (TPSA) is 12.0 Å². The Bertz CT molecular complexity index is 309. The van der Waals surface area contributed by atoms with Gasteiger partial charge >= 0.3 is 0 Å². The van der Waals surface area contributed by atoms with Crippen molar-refractivity contribution in [3.63, 3.8) is 0 Å². The van der Waals surface area contributed by atoms with Gasteiger partial charge in [-0.1, -0.05) is 63.4 Å². The first-order valence-corrected chi connectivity index (χ1v) is 7.52. The van der Waals surface area contributed by atoms with Crippen molar-refractivity contribution in [2.75, 3.05) is 6.54 Å². The van der Waals surface area contributed by atoms with Gasteiger partial charge in [-0.3, -0.25) is 0 Å². The van der Waals surface area contributed by atoms with Crippen molar-refractivity contribution >= 4 is 0 Å². The Morgan fingerprint density at radius 2 is 1.50 bits per heavy atom. The predicted molar refractivity (Wildman–Crippen MR) is 80.9 cm³/mol. The number of benzene rings is 1. The van der Waals surface area contributed by atoms with Gasteiger partial charge in [-0.25, -0.2) is 0 Å². The van der Waals surface area contributed by atoms with Gasteiger partial charge in [-0.05, 0) is 37.8 Å². The smallest absolute Gasteiger partial charge is 0.0348 e. The summed E-state index contributed by atoms with van der Waals surface area (Å²) in [5.41, 5.74) is 2.80. The van der Waals surface area contributed by atoms with E-state index in [0.717, 1.165) is 12.5 Å². The van der Waals surface area contributed by atoms with Crippen LogP contribution in [0.25, 0.3) is 0 Å². The van der Waals surface area contributed by atoms with Crippen LogP contribution < -0.4 is 5.32 Å². The third-order valence-electron chi connectivity index (χ3n) is 3.65. The maximum absolute atomic E-state index is 3.69. The Hall–Kier alpha value is -0.820. The lowest BCUT2D eigenvalue weighted by Gasteiger charge is -2.28. The molecule has 0 radical (unpaired) electrons. The van der Waals surface area contributed by atoms with E-state index in [1.807, 2.05) is 0 Å². The maximum atomic E-state index is 3.69. The molecule has 0 aliphatic rings. The summed E-state index contributed by atoms with van der Waals surface area (Å²) in [6.45, 7) is 9.99. The molecular formula is C17H29N. The van der Waals surface area contributed by atoms with Crippen LogP contribution in [0, 0.1) is 12.8 Å². The molecule has 0 bridgehead atoms. The Morgan fingerprint density at radius 1 is 0.944 bits per heavy atom. The lowest BCUT2D eigenvalue weighted by atomic mass is 9.86. The van der Waals surface area contributed by atoms with Gasteiger partial charge < -0.3 is 5.32 Å². The van der Waals surface area contributed by atoms with Crippen molar-refractivity contribution in [1.82, 2.24) is 5.32 Å². The van der Waals surface area contributed by atoms with Crippen LogP contribution in [0.1, 0.15) is 63.6 Å². The van der Waals surface area contributed by atoms with E-state index in [-0.39, 0.29) is 0 Å². The van der Waals surface area contributed by atoms with E-state index in [9.17, 15) is 0 Å². The first kappa shape index (κ1) is 15.2. The van der Waals surface area contributed by atoms with E-state index < -0.39 is 0 Å². The van der Waals surface area contributed by atoms with E-state index in [0.29, 0.717) is 6.04 Å². The molecule has 1 aromatic rings. The highest BCUT2D eigenvalue weighted by Gasteiger charge is 2.20. The highest BCUT2D eigenvalue weighted by atomic mass is 14.9. The van der Waals surface area contributed by atoms with Crippen LogP contribution in [0.2, 0.25) is 0 Å². The fourth-order valence-corrected chi connectivity index (χ4v) is 2.77. The lowest BCUT2D eigenvalue weighted by Crippen LogP contribution is -2.28. The van der Waals surface area contributed by atoms with Crippen molar-refractivity contribution < 1.29 is 0 Å². The minimum Gasteiger partial charge on any atom is -0.310 e. The molecule has 0 saturated carbocycles. The summed E-state index contributed by atoms with van der Waals surface area (Å²) in [5.74, 6) is 0.766. The van der Waals surface area contributed by atoms with Crippen molar-refractivity contribution in [1.29, 1.82) is 0 Å². The highest BCUT2D eigenvalue weighted by Crippen LogP contribution is 2.29. The molecule has 1 unspecified atom stereocenters. The zero-order chi connectivity index (χ0) is 13.4. The molecule has 0 amide bonds. The van der Waals surface area contributed by atoms with Crippen molar-refractivity contribution in [3.8, 4) is 0 Å². The molecule has 1 rings (SSSR count). The van der Waals surface area contributed by atoms with Crippen LogP contribution in [0.4, 0.5) is 0 Å². The second-order valence-electron chi connectivity index (χ2n) is 5.28. The van der Waals surface area contributed by atoms with E-state index in [4.69, 9.17) is 0 Å². The maximum Gasteiger partial charge on any atom is 0.0348 e. The minimum atomic E-state index is 0.524. The standard InChI is InChI=1S/C17H29N/c1-5-8-15(9-6-2)17(18-7-3)16-12-10-14(4)11-13-16/h10-13,15,17-18H,5-9H2,1-4H3. The largest absolute Gasteiger partial charge is 0.310 e. The molecule has 0 spiro atoms. The van der Waals surface area contributed by atoms with Crippen molar-refractivity contribution in [3.05, 3.63) is 35.4 Å². The molecule has 1 nitrogen and oxygen atoms in total. The van der Waals surface area contributed by atoms with Crippen LogP contribution in [-0.4, -0.2) is 6.54 Å². The van der Waals surface area contributed by atoms with E-state index in [1.54, 1.807) is 0 Å². The van der Waals surface area contributed by atoms with E-state index in [2.05, 4.69) is 57.3 Å². The number of hydrogen-bond acceptors (Lipinski definition) is 1. The molecule has 0 fully saturated rings. The van der Waals surface area contributed by atoms with Gasteiger partial charge in [-0.2, -0.15) is 0 Å². The number of aryl methyl sites for hydroxylation is 1. The third-order valence-corrected chi connectivity index (χ3v) is 3.65. The third kappa shape index (κ3) is 4.45. The van der Waals surface area contributed by atoms with Gasteiger partial charge in [0.05, 0.1) is 0 Å². The van der Waals surface area contributed by atoms with Gasteiger partial charge in [0, 0.05) is 6.04 Å². The first-order valence-electron chi connectivity index (χ1n) is 7.52. The number of rotatable bonds is 8. The Labute approximate surface area is 113 Å². The second-order valence-corrected chi connectivity index (χ2v) is 5.28. The fourth-order valence-electron chi connectivity index (χ4n) is 2.77. The molecule has 1 N–H and O–H groups in total. The second kappa shape index (κ2) is 8.31. The molecule has 0 saturated heterocycles. The van der Waals surface area contributed by atoms with Crippen LogP contribution in [0.5, 0.6) is 0 Å². The highest BCUT2D eigenvalue weighted by molar-refractivity contribution is 5.24. The van der Waals surface area contributed by atoms with E-state index >= 15 is 0 Å². The van der Waals surface area contributed by atoms with E-state index in [1.165, 1.54) is 36.8 Å². The molecule has 18 heavy (non-hydrogen) atoms. The zero-order valence-corrected chi connectivity index (χ0v) is 12.5. The molecular weight excluding hydrogens is 218 g/mol. The van der Waals surface area contributed by atoms with Crippen LogP contribution in [0.15, 0.2) is 24.3 Å². The van der Waals surface area contributed by atoms with Gasteiger partial charge in [0.2, 0.25) is 0 Å². The molecule has 0 heterocycles. The lowest BCUT2D eigenvalue weighted by molar-refractivity contribution is 0.320. The number of nitrogens with one attached hydrogen (secondary N) is 1. The average Bonchev–Trinajstić information content (AvgIpc) is 2.37. The SMILES string of the molecule is CCCC(CCC)C(NCC)c1ccc(C)cc1. The molecule has 1 heteroatoms. The summed E-state index contributed by atoms with van der Waals surface area (Å²) < 4.78 is 0. The molecule has 0 aliphatic heterocycles. The Kier molecular flexibility index (Phi) is 7.04. The summed E-state index contributed by atoms with van der Waals surface area (Å²) in [6, 6.07) is 9.57. The zero-order valence-electron chi connectivity index (χ0n) is 12.5. The van der Waals surface area contributed by atoms with Crippen LogP contribution in [0.3, 0.4) is 0 Å². The molecule has 1 aromatic carbocycles. The summed E-state index contributed by atoms with van der Waals surface area (Å²) in [6.07, 6.45) is 5.19. The monoisotopic (exact) mass is 247 g/mol. The normalized spacial score (nSPS) is 12.9. The average molecular weight is 247 g/mol. The van der Waals surface area contributed by atoms with Gasteiger partial charge in [0.1, 0.15) is 0 Å². The summed E-state index contributed by atoms with van der Waals surface area (Å²) in [7, 11) is 0. The summed E-state index contributed by atoms with van der Waals surface area (Å²) in [5, 5.41) is 3.69.